The molecule has 0 aromatic heterocycles. The molecule has 2 aromatic rings. The highest BCUT2D eigenvalue weighted by Gasteiger charge is 2.22. The van der Waals surface area contributed by atoms with Crippen molar-refractivity contribution in [2.45, 2.75) is 19.6 Å². The number of benzene rings is 2. The molecule has 1 aliphatic heterocycles. The van der Waals surface area contributed by atoms with Crippen LogP contribution in [0.3, 0.4) is 0 Å². The van der Waals surface area contributed by atoms with Crippen LogP contribution in [-0.4, -0.2) is 30.8 Å². The first-order valence-electron chi connectivity index (χ1n) is 8.75. The van der Waals surface area contributed by atoms with Gasteiger partial charge in [0.05, 0.1) is 6.61 Å². The topological polar surface area (TPSA) is 64.6 Å². The number of para-hydroxylation sites is 1. The highest BCUT2D eigenvalue weighted by molar-refractivity contribution is 5.73. The van der Waals surface area contributed by atoms with Crippen LogP contribution in [0.15, 0.2) is 54.6 Å². The standard InChI is InChI=1S/C20H25N3O2/c24-15-18-7-5-4-6-17(18)13-22-20(25)21-12-16-10-11-23(14-16)19-8-2-1-3-9-19/h1-9,16,24H,10-15H2,(H2,21,22,25). The molecule has 1 aliphatic rings. The Morgan fingerprint density at radius 3 is 2.52 bits per heavy atom. The number of rotatable bonds is 6. The summed E-state index contributed by atoms with van der Waals surface area (Å²) in [6, 6.07) is 17.8. The predicted octanol–water partition coefficient (Wildman–Crippen LogP) is 2.50. The van der Waals surface area contributed by atoms with Crippen molar-refractivity contribution >= 4 is 11.7 Å². The number of carbonyl (C=O) groups excluding carboxylic acids is 1. The lowest BCUT2D eigenvalue weighted by Crippen LogP contribution is -2.38. The number of aliphatic hydroxyl groups excluding tert-OH is 1. The Morgan fingerprint density at radius 1 is 1.04 bits per heavy atom. The summed E-state index contributed by atoms with van der Waals surface area (Å²) >= 11 is 0. The molecule has 0 radical (unpaired) electrons. The van der Waals surface area contributed by atoms with E-state index in [1.54, 1.807) is 0 Å². The zero-order valence-corrected chi connectivity index (χ0v) is 14.3. The smallest absolute Gasteiger partial charge is 0.315 e. The van der Waals surface area contributed by atoms with Crippen molar-refractivity contribution in [3.05, 3.63) is 65.7 Å². The van der Waals surface area contributed by atoms with Gasteiger partial charge < -0.3 is 20.6 Å². The van der Waals surface area contributed by atoms with E-state index >= 15 is 0 Å². The monoisotopic (exact) mass is 339 g/mol. The van der Waals surface area contributed by atoms with Gasteiger partial charge in [0.15, 0.2) is 0 Å². The van der Waals surface area contributed by atoms with Crippen LogP contribution in [0.1, 0.15) is 17.5 Å². The Kier molecular flexibility index (Phi) is 5.90. The molecule has 5 nitrogen and oxygen atoms in total. The number of amides is 2. The molecule has 1 saturated heterocycles. The molecule has 0 spiro atoms. The number of aliphatic hydroxyl groups is 1. The van der Waals surface area contributed by atoms with Crippen molar-refractivity contribution in [2.75, 3.05) is 24.5 Å². The summed E-state index contributed by atoms with van der Waals surface area (Å²) in [5.74, 6) is 0.468. The Morgan fingerprint density at radius 2 is 1.76 bits per heavy atom. The van der Waals surface area contributed by atoms with Crippen LogP contribution in [0.2, 0.25) is 0 Å². The summed E-state index contributed by atoms with van der Waals surface area (Å²) in [4.78, 5) is 14.4. The first-order chi connectivity index (χ1) is 12.3. The highest BCUT2D eigenvalue weighted by Crippen LogP contribution is 2.22. The molecule has 3 rings (SSSR count). The summed E-state index contributed by atoms with van der Waals surface area (Å²) < 4.78 is 0. The third-order valence-electron chi connectivity index (χ3n) is 4.69. The van der Waals surface area contributed by atoms with Crippen molar-refractivity contribution < 1.29 is 9.90 Å². The second-order valence-corrected chi connectivity index (χ2v) is 6.43. The molecular formula is C20H25N3O2. The fraction of sp³-hybridized carbons (Fsp3) is 0.350. The number of nitrogens with one attached hydrogen (secondary N) is 2. The molecule has 25 heavy (non-hydrogen) atoms. The van der Waals surface area contributed by atoms with Crippen molar-refractivity contribution in [1.82, 2.24) is 10.6 Å². The van der Waals surface area contributed by atoms with Crippen LogP contribution in [-0.2, 0) is 13.2 Å². The normalized spacial score (nSPS) is 16.7. The van der Waals surface area contributed by atoms with E-state index in [1.165, 1.54) is 5.69 Å². The average molecular weight is 339 g/mol. The molecule has 0 saturated carbocycles. The van der Waals surface area contributed by atoms with E-state index in [0.29, 0.717) is 19.0 Å². The molecule has 1 unspecified atom stereocenters. The third-order valence-corrected chi connectivity index (χ3v) is 4.69. The summed E-state index contributed by atoms with van der Waals surface area (Å²) in [5.41, 5.74) is 3.03. The van der Waals surface area contributed by atoms with Gasteiger partial charge in [0.2, 0.25) is 0 Å². The Bertz CT molecular complexity index is 690. The van der Waals surface area contributed by atoms with Gasteiger partial charge in [-0.25, -0.2) is 4.79 Å². The Hall–Kier alpha value is -2.53. The minimum atomic E-state index is -0.161. The zero-order valence-electron chi connectivity index (χ0n) is 14.3. The maximum atomic E-state index is 12.0. The lowest BCUT2D eigenvalue weighted by molar-refractivity contribution is 0.238. The highest BCUT2D eigenvalue weighted by atomic mass is 16.3. The molecule has 3 N–H and O–H groups in total. The fourth-order valence-electron chi connectivity index (χ4n) is 3.23. The minimum Gasteiger partial charge on any atom is -0.392 e. The summed E-state index contributed by atoms with van der Waals surface area (Å²) in [6.07, 6.45) is 1.09. The summed E-state index contributed by atoms with van der Waals surface area (Å²) in [6.45, 7) is 3.08. The number of urea groups is 1. The Balaban J connectivity index is 1.41. The molecule has 2 amide bonds. The van der Waals surface area contributed by atoms with E-state index in [-0.39, 0.29) is 12.6 Å². The molecule has 0 aliphatic carbocycles. The second-order valence-electron chi connectivity index (χ2n) is 6.43. The van der Waals surface area contributed by atoms with E-state index in [9.17, 15) is 9.90 Å². The van der Waals surface area contributed by atoms with Crippen LogP contribution in [0.4, 0.5) is 10.5 Å². The Labute approximate surface area is 148 Å². The molecule has 1 atom stereocenters. The van der Waals surface area contributed by atoms with Crippen molar-refractivity contribution in [3.63, 3.8) is 0 Å². The van der Waals surface area contributed by atoms with Gasteiger partial charge in [0, 0.05) is 31.9 Å². The number of hydrogen-bond donors (Lipinski definition) is 3. The van der Waals surface area contributed by atoms with Crippen LogP contribution in [0.25, 0.3) is 0 Å². The van der Waals surface area contributed by atoms with Crippen molar-refractivity contribution in [1.29, 1.82) is 0 Å². The molecule has 1 heterocycles. The van der Waals surface area contributed by atoms with Gasteiger partial charge in [-0.2, -0.15) is 0 Å². The zero-order chi connectivity index (χ0) is 17.5. The van der Waals surface area contributed by atoms with Crippen molar-refractivity contribution in [3.8, 4) is 0 Å². The summed E-state index contributed by atoms with van der Waals surface area (Å²) in [7, 11) is 0. The van der Waals surface area contributed by atoms with Crippen LogP contribution in [0, 0.1) is 5.92 Å². The first kappa shape index (κ1) is 17.3. The van der Waals surface area contributed by atoms with Gasteiger partial charge in [-0.15, -0.1) is 0 Å². The lowest BCUT2D eigenvalue weighted by atomic mass is 10.1. The molecule has 132 valence electrons. The number of carbonyl (C=O) groups is 1. The van der Waals surface area contributed by atoms with Gasteiger partial charge in [0.25, 0.3) is 0 Å². The van der Waals surface area contributed by atoms with E-state index in [4.69, 9.17) is 0 Å². The van der Waals surface area contributed by atoms with Crippen molar-refractivity contribution in [2.24, 2.45) is 5.92 Å². The maximum Gasteiger partial charge on any atom is 0.315 e. The molecule has 1 fully saturated rings. The van der Waals surface area contributed by atoms with Gasteiger partial charge in [0.1, 0.15) is 0 Å². The minimum absolute atomic E-state index is 0.0170. The van der Waals surface area contributed by atoms with E-state index in [2.05, 4.69) is 39.8 Å². The summed E-state index contributed by atoms with van der Waals surface area (Å²) in [5, 5.41) is 15.1. The van der Waals surface area contributed by atoms with E-state index < -0.39 is 0 Å². The van der Waals surface area contributed by atoms with Crippen LogP contribution < -0.4 is 15.5 Å². The second kappa shape index (κ2) is 8.53. The van der Waals surface area contributed by atoms with Crippen LogP contribution in [0.5, 0.6) is 0 Å². The molecule has 5 heteroatoms. The fourth-order valence-corrected chi connectivity index (χ4v) is 3.23. The first-order valence-corrected chi connectivity index (χ1v) is 8.75. The largest absolute Gasteiger partial charge is 0.392 e. The predicted molar refractivity (Wildman–Crippen MR) is 99.4 cm³/mol. The lowest BCUT2D eigenvalue weighted by Gasteiger charge is -2.18. The number of nitrogens with zero attached hydrogens (tertiary/aromatic N) is 1. The third kappa shape index (κ3) is 4.73. The van der Waals surface area contributed by atoms with Gasteiger partial charge >= 0.3 is 6.03 Å². The average Bonchev–Trinajstić information content (AvgIpc) is 3.14. The number of hydrogen-bond acceptors (Lipinski definition) is 3. The molecular weight excluding hydrogens is 314 g/mol. The van der Waals surface area contributed by atoms with Crippen LogP contribution >= 0.6 is 0 Å². The van der Waals surface area contributed by atoms with E-state index in [1.807, 2.05) is 30.3 Å². The van der Waals surface area contributed by atoms with E-state index in [0.717, 1.165) is 30.6 Å². The van der Waals surface area contributed by atoms with Gasteiger partial charge in [-0.3, -0.25) is 0 Å². The molecule has 0 bridgehead atoms. The van der Waals surface area contributed by atoms with Gasteiger partial charge in [-0.05, 0) is 35.6 Å². The SMILES string of the molecule is O=C(NCc1ccccc1CO)NCC1CCN(c2ccccc2)C1. The maximum absolute atomic E-state index is 12.0. The number of anilines is 1. The van der Waals surface area contributed by atoms with Gasteiger partial charge in [-0.1, -0.05) is 42.5 Å². The molecule has 2 aromatic carbocycles. The quantitative estimate of drug-likeness (QED) is 0.758.